The maximum absolute atomic E-state index is 8.96. The van der Waals surface area contributed by atoms with E-state index in [1.165, 1.54) is 11.5 Å². The van der Waals surface area contributed by atoms with Gasteiger partial charge in [0, 0.05) is 25.1 Å². The van der Waals surface area contributed by atoms with Crippen molar-refractivity contribution < 1.29 is 5.11 Å². The van der Waals surface area contributed by atoms with Crippen LogP contribution in [0.1, 0.15) is 12.1 Å². The van der Waals surface area contributed by atoms with Gasteiger partial charge in [-0.25, -0.2) is 0 Å². The Kier molecular flexibility index (Phi) is 2.87. The molecule has 1 N–H and O–H groups in total. The molecule has 4 nitrogen and oxygen atoms in total. The van der Waals surface area contributed by atoms with Crippen molar-refractivity contribution in [2.24, 2.45) is 5.92 Å². The third-order valence-corrected chi connectivity index (χ3v) is 2.97. The van der Waals surface area contributed by atoms with Crippen LogP contribution in [-0.4, -0.2) is 39.3 Å². The van der Waals surface area contributed by atoms with Gasteiger partial charge < -0.3 is 5.11 Å². The van der Waals surface area contributed by atoms with Gasteiger partial charge in [-0.3, -0.25) is 4.90 Å². The minimum atomic E-state index is 0.311. The van der Waals surface area contributed by atoms with E-state index in [2.05, 4.69) is 14.5 Å². The van der Waals surface area contributed by atoms with Crippen molar-refractivity contribution in [3.05, 3.63) is 11.1 Å². The van der Waals surface area contributed by atoms with Crippen LogP contribution in [0.5, 0.6) is 0 Å². The third-order valence-electron chi connectivity index (χ3n) is 2.42. The van der Waals surface area contributed by atoms with Crippen molar-refractivity contribution >= 4 is 11.5 Å². The Morgan fingerprint density at radius 2 is 2.62 bits per heavy atom. The Balaban J connectivity index is 1.84. The van der Waals surface area contributed by atoms with E-state index in [1.54, 1.807) is 0 Å². The van der Waals surface area contributed by atoms with Gasteiger partial charge in [0.05, 0.1) is 5.69 Å². The van der Waals surface area contributed by atoms with Gasteiger partial charge in [-0.2, -0.15) is 0 Å². The molecule has 1 aliphatic heterocycles. The number of likely N-dealkylation sites (tertiary alicyclic amines) is 1. The van der Waals surface area contributed by atoms with E-state index in [1.807, 2.05) is 5.38 Å². The van der Waals surface area contributed by atoms with Crippen molar-refractivity contribution in [3.63, 3.8) is 0 Å². The fourth-order valence-corrected chi connectivity index (χ4v) is 2.13. The van der Waals surface area contributed by atoms with Crippen LogP contribution in [0.3, 0.4) is 0 Å². The molecule has 0 saturated carbocycles. The highest BCUT2D eigenvalue weighted by Crippen LogP contribution is 2.17. The Labute approximate surface area is 81.4 Å². The normalized spacial score (nSPS) is 23.9. The zero-order valence-electron chi connectivity index (χ0n) is 7.39. The Morgan fingerprint density at radius 3 is 3.23 bits per heavy atom. The van der Waals surface area contributed by atoms with E-state index in [0.717, 1.165) is 31.7 Å². The molecule has 1 aliphatic rings. The summed E-state index contributed by atoms with van der Waals surface area (Å²) < 4.78 is 3.82. The monoisotopic (exact) mass is 199 g/mol. The second kappa shape index (κ2) is 4.13. The molecule has 0 aliphatic carbocycles. The van der Waals surface area contributed by atoms with Crippen LogP contribution in [0.2, 0.25) is 0 Å². The fourth-order valence-electron chi connectivity index (χ4n) is 1.69. The van der Waals surface area contributed by atoms with Crippen LogP contribution >= 0.6 is 11.5 Å². The van der Waals surface area contributed by atoms with E-state index < -0.39 is 0 Å². The number of rotatable bonds is 3. The average molecular weight is 199 g/mol. The van der Waals surface area contributed by atoms with Crippen LogP contribution in [-0.2, 0) is 6.54 Å². The van der Waals surface area contributed by atoms with Crippen LogP contribution in [0.25, 0.3) is 0 Å². The second-order valence-corrected chi connectivity index (χ2v) is 4.08. The lowest BCUT2D eigenvalue weighted by atomic mass is 10.1. The molecule has 1 atom stereocenters. The second-order valence-electron chi connectivity index (χ2n) is 3.47. The lowest BCUT2D eigenvalue weighted by Crippen LogP contribution is -2.21. The molecule has 0 spiro atoms. The lowest BCUT2D eigenvalue weighted by Gasteiger charge is -2.12. The fraction of sp³-hybridized carbons (Fsp3) is 0.750. The summed E-state index contributed by atoms with van der Waals surface area (Å²) in [5.41, 5.74) is 1.04. The van der Waals surface area contributed by atoms with E-state index in [-0.39, 0.29) is 0 Å². The molecule has 13 heavy (non-hydrogen) atoms. The quantitative estimate of drug-likeness (QED) is 0.763. The highest BCUT2D eigenvalue weighted by Gasteiger charge is 2.21. The highest BCUT2D eigenvalue weighted by molar-refractivity contribution is 7.03. The minimum absolute atomic E-state index is 0.311. The molecule has 1 saturated heterocycles. The van der Waals surface area contributed by atoms with Crippen LogP contribution in [0.4, 0.5) is 0 Å². The number of aromatic nitrogens is 2. The summed E-state index contributed by atoms with van der Waals surface area (Å²) in [7, 11) is 0. The Morgan fingerprint density at radius 1 is 1.69 bits per heavy atom. The first-order chi connectivity index (χ1) is 6.38. The van der Waals surface area contributed by atoms with Crippen molar-refractivity contribution in [2.45, 2.75) is 13.0 Å². The molecular weight excluding hydrogens is 186 g/mol. The van der Waals surface area contributed by atoms with Crippen molar-refractivity contribution in [3.8, 4) is 0 Å². The van der Waals surface area contributed by atoms with Gasteiger partial charge in [0.2, 0.25) is 0 Å². The maximum atomic E-state index is 8.96. The number of hydrogen-bond acceptors (Lipinski definition) is 5. The number of nitrogens with zero attached hydrogens (tertiary/aromatic N) is 3. The summed E-state index contributed by atoms with van der Waals surface area (Å²) in [6.07, 6.45) is 1.11. The summed E-state index contributed by atoms with van der Waals surface area (Å²) in [5, 5.41) is 14.9. The standard InChI is InChI=1S/C8H13N3OS/c12-5-7-1-2-11(3-7)4-8-6-13-10-9-8/h6-7,12H,1-5H2. The molecule has 2 heterocycles. The molecule has 72 valence electrons. The average Bonchev–Trinajstić information content (AvgIpc) is 2.76. The molecule has 1 fully saturated rings. The van der Waals surface area contributed by atoms with Crippen molar-refractivity contribution in [1.82, 2.24) is 14.5 Å². The van der Waals surface area contributed by atoms with Gasteiger partial charge in [0.15, 0.2) is 0 Å². The molecule has 1 aromatic rings. The first-order valence-electron chi connectivity index (χ1n) is 4.47. The van der Waals surface area contributed by atoms with Gasteiger partial charge in [-0.15, -0.1) is 5.10 Å². The zero-order valence-corrected chi connectivity index (χ0v) is 8.20. The van der Waals surface area contributed by atoms with E-state index >= 15 is 0 Å². The van der Waals surface area contributed by atoms with Gasteiger partial charge in [-0.1, -0.05) is 4.49 Å². The van der Waals surface area contributed by atoms with Crippen molar-refractivity contribution in [1.29, 1.82) is 0 Å². The molecule has 1 unspecified atom stereocenters. The highest BCUT2D eigenvalue weighted by atomic mass is 32.1. The molecule has 5 heteroatoms. The van der Waals surface area contributed by atoms with E-state index in [4.69, 9.17) is 5.11 Å². The molecule has 2 rings (SSSR count). The number of hydrogen-bond donors (Lipinski definition) is 1. The molecule has 0 bridgehead atoms. The van der Waals surface area contributed by atoms with Gasteiger partial charge >= 0.3 is 0 Å². The predicted molar refractivity (Wildman–Crippen MR) is 50.4 cm³/mol. The summed E-state index contributed by atoms with van der Waals surface area (Å²) in [4.78, 5) is 2.32. The topological polar surface area (TPSA) is 49.2 Å². The minimum Gasteiger partial charge on any atom is -0.396 e. The summed E-state index contributed by atoms with van der Waals surface area (Å²) in [6.45, 7) is 3.26. The van der Waals surface area contributed by atoms with Crippen LogP contribution in [0, 0.1) is 5.92 Å². The maximum Gasteiger partial charge on any atom is 0.0895 e. The van der Waals surface area contributed by atoms with Gasteiger partial charge in [0.25, 0.3) is 0 Å². The third kappa shape index (κ3) is 2.24. The van der Waals surface area contributed by atoms with Crippen LogP contribution in [0.15, 0.2) is 5.38 Å². The Hall–Kier alpha value is -0.520. The lowest BCUT2D eigenvalue weighted by molar-refractivity contribution is 0.219. The summed E-state index contributed by atoms with van der Waals surface area (Å²) in [6, 6.07) is 0. The van der Waals surface area contributed by atoms with Crippen molar-refractivity contribution in [2.75, 3.05) is 19.7 Å². The van der Waals surface area contributed by atoms with E-state index in [0.29, 0.717) is 12.5 Å². The summed E-state index contributed by atoms with van der Waals surface area (Å²) >= 11 is 1.39. The predicted octanol–water partition coefficient (Wildman–Crippen LogP) is 0.352. The first kappa shape index (κ1) is 9.05. The van der Waals surface area contributed by atoms with Gasteiger partial charge in [-0.05, 0) is 30.4 Å². The number of aliphatic hydroxyl groups excluding tert-OH is 1. The first-order valence-corrected chi connectivity index (χ1v) is 5.31. The molecule has 0 radical (unpaired) electrons. The number of aliphatic hydroxyl groups is 1. The molecule has 0 aromatic carbocycles. The van der Waals surface area contributed by atoms with Gasteiger partial charge in [0.1, 0.15) is 0 Å². The summed E-state index contributed by atoms with van der Waals surface area (Å²) in [5.74, 6) is 0.464. The van der Waals surface area contributed by atoms with Crippen LogP contribution < -0.4 is 0 Å². The van der Waals surface area contributed by atoms with E-state index in [9.17, 15) is 0 Å². The SMILES string of the molecule is OCC1CCN(Cc2csnn2)C1. The molecule has 1 aromatic heterocycles. The smallest absolute Gasteiger partial charge is 0.0895 e. The zero-order chi connectivity index (χ0) is 9.10. The molecular formula is C8H13N3OS. The molecule has 0 amide bonds. The largest absolute Gasteiger partial charge is 0.396 e. The Bertz CT molecular complexity index is 252.